The summed E-state index contributed by atoms with van der Waals surface area (Å²) >= 11 is 0. The first kappa shape index (κ1) is 11.4. The van der Waals surface area contributed by atoms with Crippen molar-refractivity contribution in [1.29, 1.82) is 0 Å². The molecule has 0 saturated carbocycles. The molecule has 2 nitrogen and oxygen atoms in total. The quantitative estimate of drug-likeness (QED) is 0.757. The highest BCUT2D eigenvalue weighted by Gasteiger charge is 2.22. The Morgan fingerprint density at radius 3 is 2.94 bits per heavy atom. The van der Waals surface area contributed by atoms with Crippen molar-refractivity contribution in [2.45, 2.75) is 33.6 Å². The van der Waals surface area contributed by atoms with Crippen LogP contribution in [0.1, 0.15) is 32.4 Å². The SMILES string of the molecule is Cc1cc(N2CCCC(C(C)C)C2)ccn1. The van der Waals surface area contributed by atoms with Crippen LogP contribution in [-0.4, -0.2) is 18.1 Å². The first-order valence-corrected chi connectivity index (χ1v) is 6.34. The van der Waals surface area contributed by atoms with Gasteiger partial charge >= 0.3 is 0 Å². The van der Waals surface area contributed by atoms with Gasteiger partial charge in [-0.3, -0.25) is 4.98 Å². The Morgan fingerprint density at radius 1 is 1.44 bits per heavy atom. The van der Waals surface area contributed by atoms with E-state index in [1.165, 1.54) is 31.6 Å². The summed E-state index contributed by atoms with van der Waals surface area (Å²) in [6, 6.07) is 4.33. The van der Waals surface area contributed by atoms with Gasteiger partial charge in [-0.1, -0.05) is 13.8 Å². The van der Waals surface area contributed by atoms with Gasteiger partial charge in [-0.15, -0.1) is 0 Å². The van der Waals surface area contributed by atoms with Crippen LogP contribution in [0.3, 0.4) is 0 Å². The Bertz CT molecular complexity index is 346. The smallest absolute Gasteiger partial charge is 0.0399 e. The number of rotatable bonds is 2. The van der Waals surface area contributed by atoms with E-state index in [0.29, 0.717) is 0 Å². The van der Waals surface area contributed by atoms with Gasteiger partial charge in [0.15, 0.2) is 0 Å². The molecule has 1 aliphatic heterocycles. The van der Waals surface area contributed by atoms with Crippen molar-refractivity contribution in [3.8, 4) is 0 Å². The zero-order chi connectivity index (χ0) is 11.5. The van der Waals surface area contributed by atoms with Gasteiger partial charge in [-0.05, 0) is 43.7 Å². The number of aryl methyl sites for hydroxylation is 1. The van der Waals surface area contributed by atoms with E-state index in [9.17, 15) is 0 Å². The molecule has 1 fully saturated rings. The summed E-state index contributed by atoms with van der Waals surface area (Å²) in [5.41, 5.74) is 2.46. The minimum atomic E-state index is 0.797. The predicted octanol–water partition coefficient (Wildman–Crippen LogP) is 3.26. The summed E-state index contributed by atoms with van der Waals surface area (Å²) in [5, 5.41) is 0. The van der Waals surface area contributed by atoms with E-state index >= 15 is 0 Å². The monoisotopic (exact) mass is 218 g/mol. The van der Waals surface area contributed by atoms with Crippen LogP contribution in [0.15, 0.2) is 18.3 Å². The zero-order valence-corrected chi connectivity index (χ0v) is 10.6. The van der Waals surface area contributed by atoms with Crippen LogP contribution in [0, 0.1) is 18.8 Å². The number of nitrogens with zero attached hydrogens (tertiary/aromatic N) is 2. The van der Waals surface area contributed by atoms with Gasteiger partial charge in [-0.2, -0.15) is 0 Å². The minimum Gasteiger partial charge on any atom is -0.371 e. The standard InChI is InChI=1S/C14H22N2/c1-11(2)13-5-4-8-16(10-13)14-6-7-15-12(3)9-14/h6-7,9,11,13H,4-5,8,10H2,1-3H3. The second kappa shape index (κ2) is 4.86. The van der Waals surface area contributed by atoms with Crippen molar-refractivity contribution < 1.29 is 0 Å². The van der Waals surface area contributed by atoms with Crippen LogP contribution in [0.5, 0.6) is 0 Å². The molecule has 0 spiro atoms. The number of piperidine rings is 1. The molecule has 2 heteroatoms. The van der Waals surface area contributed by atoms with Gasteiger partial charge in [-0.25, -0.2) is 0 Å². The molecule has 0 aliphatic carbocycles. The summed E-state index contributed by atoms with van der Waals surface area (Å²) in [4.78, 5) is 6.78. The summed E-state index contributed by atoms with van der Waals surface area (Å²) in [6.07, 6.45) is 4.63. The van der Waals surface area contributed by atoms with Crippen LogP contribution >= 0.6 is 0 Å². The average molecular weight is 218 g/mol. The van der Waals surface area contributed by atoms with Gasteiger partial charge in [0, 0.05) is 30.7 Å². The van der Waals surface area contributed by atoms with Crippen molar-refractivity contribution >= 4 is 5.69 Å². The number of hydrogen-bond acceptors (Lipinski definition) is 2. The highest BCUT2D eigenvalue weighted by molar-refractivity contribution is 5.46. The maximum absolute atomic E-state index is 4.26. The second-order valence-electron chi connectivity index (χ2n) is 5.25. The normalized spacial score (nSPS) is 21.5. The predicted molar refractivity (Wildman–Crippen MR) is 68.7 cm³/mol. The van der Waals surface area contributed by atoms with Crippen molar-refractivity contribution in [2.75, 3.05) is 18.0 Å². The number of pyridine rings is 1. The number of aromatic nitrogens is 1. The maximum Gasteiger partial charge on any atom is 0.0399 e. The summed E-state index contributed by atoms with van der Waals surface area (Å²) in [7, 11) is 0. The van der Waals surface area contributed by atoms with Crippen molar-refractivity contribution in [2.24, 2.45) is 11.8 Å². The molecule has 1 atom stereocenters. The molecule has 2 rings (SSSR count). The fraction of sp³-hybridized carbons (Fsp3) is 0.643. The fourth-order valence-corrected chi connectivity index (χ4v) is 2.52. The Labute approximate surface area is 98.7 Å². The first-order valence-electron chi connectivity index (χ1n) is 6.34. The van der Waals surface area contributed by atoms with E-state index in [0.717, 1.165) is 17.5 Å². The molecule has 1 aromatic heterocycles. The van der Waals surface area contributed by atoms with Gasteiger partial charge in [0.25, 0.3) is 0 Å². The molecule has 1 saturated heterocycles. The van der Waals surface area contributed by atoms with E-state index in [2.05, 4.69) is 42.8 Å². The highest BCUT2D eigenvalue weighted by atomic mass is 15.1. The lowest BCUT2D eigenvalue weighted by atomic mass is 9.88. The molecular weight excluding hydrogens is 196 g/mol. The molecular formula is C14H22N2. The van der Waals surface area contributed by atoms with Crippen molar-refractivity contribution in [3.05, 3.63) is 24.0 Å². The van der Waals surface area contributed by atoms with E-state index in [1.807, 2.05) is 6.20 Å². The Hall–Kier alpha value is -1.05. The lowest BCUT2D eigenvalue weighted by Gasteiger charge is -2.36. The van der Waals surface area contributed by atoms with Crippen molar-refractivity contribution in [1.82, 2.24) is 4.98 Å². The van der Waals surface area contributed by atoms with Gasteiger partial charge in [0.2, 0.25) is 0 Å². The Kier molecular flexibility index (Phi) is 3.47. The molecule has 0 bridgehead atoms. The average Bonchev–Trinajstić information content (AvgIpc) is 2.29. The fourth-order valence-electron chi connectivity index (χ4n) is 2.52. The highest BCUT2D eigenvalue weighted by Crippen LogP contribution is 2.27. The third-order valence-corrected chi connectivity index (χ3v) is 3.65. The second-order valence-corrected chi connectivity index (χ2v) is 5.25. The number of hydrogen-bond donors (Lipinski definition) is 0. The third-order valence-electron chi connectivity index (χ3n) is 3.65. The van der Waals surface area contributed by atoms with Crippen LogP contribution in [-0.2, 0) is 0 Å². The topological polar surface area (TPSA) is 16.1 Å². The largest absolute Gasteiger partial charge is 0.371 e. The van der Waals surface area contributed by atoms with Gasteiger partial charge in [0.1, 0.15) is 0 Å². The molecule has 0 N–H and O–H groups in total. The van der Waals surface area contributed by atoms with Crippen LogP contribution in [0.4, 0.5) is 5.69 Å². The molecule has 88 valence electrons. The van der Waals surface area contributed by atoms with Crippen LogP contribution < -0.4 is 4.90 Å². The summed E-state index contributed by atoms with van der Waals surface area (Å²) < 4.78 is 0. The molecule has 0 aromatic carbocycles. The van der Waals surface area contributed by atoms with Gasteiger partial charge in [0.05, 0.1) is 0 Å². The van der Waals surface area contributed by atoms with Crippen LogP contribution in [0.2, 0.25) is 0 Å². The molecule has 1 aliphatic rings. The third kappa shape index (κ3) is 2.55. The van der Waals surface area contributed by atoms with Crippen LogP contribution in [0.25, 0.3) is 0 Å². The Balaban J connectivity index is 2.09. The van der Waals surface area contributed by atoms with Crippen molar-refractivity contribution in [3.63, 3.8) is 0 Å². The molecule has 0 radical (unpaired) electrons. The first-order chi connectivity index (χ1) is 7.66. The summed E-state index contributed by atoms with van der Waals surface area (Å²) in [5.74, 6) is 1.65. The Morgan fingerprint density at radius 2 is 2.25 bits per heavy atom. The molecule has 1 aromatic rings. The van der Waals surface area contributed by atoms with E-state index in [-0.39, 0.29) is 0 Å². The maximum atomic E-state index is 4.26. The van der Waals surface area contributed by atoms with E-state index in [4.69, 9.17) is 0 Å². The molecule has 2 heterocycles. The zero-order valence-electron chi connectivity index (χ0n) is 10.6. The van der Waals surface area contributed by atoms with E-state index < -0.39 is 0 Å². The molecule has 1 unspecified atom stereocenters. The minimum absolute atomic E-state index is 0.797. The number of anilines is 1. The van der Waals surface area contributed by atoms with Gasteiger partial charge < -0.3 is 4.90 Å². The lowest BCUT2D eigenvalue weighted by molar-refractivity contribution is 0.322. The molecule has 16 heavy (non-hydrogen) atoms. The summed E-state index contributed by atoms with van der Waals surface area (Å²) in [6.45, 7) is 9.15. The lowest BCUT2D eigenvalue weighted by Crippen LogP contribution is -2.37. The molecule has 0 amide bonds. The van der Waals surface area contributed by atoms with E-state index in [1.54, 1.807) is 0 Å².